The number of thiazole rings is 1. The van der Waals surface area contributed by atoms with Gasteiger partial charge in [-0.15, -0.1) is 11.3 Å². The van der Waals surface area contributed by atoms with Gasteiger partial charge in [-0.25, -0.2) is 4.98 Å². The first-order valence-corrected chi connectivity index (χ1v) is 10.9. The second-order valence-electron chi connectivity index (χ2n) is 6.40. The Kier molecular flexibility index (Phi) is 7.28. The minimum atomic E-state index is -0.0612. The Morgan fingerprint density at radius 2 is 1.93 bits per heavy atom. The van der Waals surface area contributed by atoms with E-state index in [4.69, 9.17) is 9.47 Å². The number of nitrogens with zero attached hydrogens (tertiary/aromatic N) is 1. The van der Waals surface area contributed by atoms with Crippen LogP contribution in [0.4, 0.5) is 5.13 Å². The molecule has 0 saturated carbocycles. The van der Waals surface area contributed by atoms with Crippen LogP contribution in [0.15, 0.2) is 46.9 Å². The molecule has 3 rings (SSSR count). The first-order valence-electron chi connectivity index (χ1n) is 9.33. The number of halogens is 1. The van der Waals surface area contributed by atoms with Crippen molar-refractivity contribution in [3.63, 3.8) is 0 Å². The van der Waals surface area contributed by atoms with Crippen molar-refractivity contribution in [3.8, 4) is 22.8 Å². The number of amides is 1. The van der Waals surface area contributed by atoms with Crippen molar-refractivity contribution in [2.45, 2.75) is 26.7 Å². The van der Waals surface area contributed by atoms with Crippen molar-refractivity contribution >= 4 is 38.3 Å². The average molecular weight is 475 g/mol. The number of rotatable bonds is 8. The van der Waals surface area contributed by atoms with Gasteiger partial charge >= 0.3 is 0 Å². The molecule has 0 aliphatic heterocycles. The van der Waals surface area contributed by atoms with E-state index in [1.165, 1.54) is 11.3 Å². The maximum Gasteiger partial charge on any atom is 0.226 e. The van der Waals surface area contributed by atoms with Gasteiger partial charge < -0.3 is 14.8 Å². The van der Waals surface area contributed by atoms with Gasteiger partial charge in [0, 0.05) is 21.3 Å². The van der Waals surface area contributed by atoms with E-state index in [1.807, 2.05) is 56.3 Å². The Labute approximate surface area is 183 Å². The number of hydrogen-bond donors (Lipinski definition) is 1. The topological polar surface area (TPSA) is 60.5 Å². The Balaban J connectivity index is 1.61. The lowest BCUT2D eigenvalue weighted by Crippen LogP contribution is -2.12. The van der Waals surface area contributed by atoms with Crippen LogP contribution < -0.4 is 14.8 Å². The van der Waals surface area contributed by atoms with Gasteiger partial charge in [0.1, 0.15) is 0 Å². The van der Waals surface area contributed by atoms with Crippen LogP contribution in [0.5, 0.6) is 11.5 Å². The number of benzene rings is 2. The van der Waals surface area contributed by atoms with Crippen LogP contribution in [-0.2, 0) is 11.2 Å². The second kappa shape index (κ2) is 9.89. The third-order valence-electron chi connectivity index (χ3n) is 4.33. The highest BCUT2D eigenvalue weighted by Gasteiger charge is 2.13. The fourth-order valence-electron chi connectivity index (χ4n) is 2.91. The van der Waals surface area contributed by atoms with Crippen molar-refractivity contribution in [2.24, 2.45) is 0 Å². The minimum absolute atomic E-state index is 0.0612. The molecule has 0 aliphatic rings. The smallest absolute Gasteiger partial charge is 0.226 e. The molecule has 1 aromatic heterocycles. The molecule has 152 valence electrons. The third kappa shape index (κ3) is 5.58. The van der Waals surface area contributed by atoms with Crippen molar-refractivity contribution in [3.05, 3.63) is 57.4 Å². The summed E-state index contributed by atoms with van der Waals surface area (Å²) in [4.78, 5) is 18.1. The molecule has 0 spiro atoms. The van der Waals surface area contributed by atoms with E-state index in [-0.39, 0.29) is 5.91 Å². The zero-order chi connectivity index (χ0) is 20.8. The van der Waals surface area contributed by atoms with Gasteiger partial charge in [-0.05, 0) is 50.1 Å². The Bertz CT molecular complexity index is 986. The molecule has 1 N–H and O–H groups in total. The van der Waals surface area contributed by atoms with Crippen LogP contribution in [0.25, 0.3) is 11.3 Å². The normalized spacial score (nSPS) is 10.6. The molecule has 0 unspecified atom stereocenters. The number of carbonyl (C=O) groups is 1. The first-order chi connectivity index (χ1) is 14.0. The molecule has 0 bridgehead atoms. The van der Waals surface area contributed by atoms with Crippen LogP contribution in [0.2, 0.25) is 0 Å². The van der Waals surface area contributed by atoms with E-state index < -0.39 is 0 Å². The van der Waals surface area contributed by atoms with Gasteiger partial charge in [-0.3, -0.25) is 4.79 Å². The van der Waals surface area contributed by atoms with Crippen molar-refractivity contribution < 1.29 is 14.3 Å². The summed E-state index contributed by atoms with van der Waals surface area (Å²) in [6, 6.07) is 13.7. The van der Waals surface area contributed by atoms with E-state index in [1.54, 1.807) is 7.11 Å². The zero-order valence-electron chi connectivity index (χ0n) is 16.6. The van der Waals surface area contributed by atoms with E-state index in [0.717, 1.165) is 26.2 Å². The van der Waals surface area contributed by atoms with E-state index in [9.17, 15) is 4.79 Å². The summed E-state index contributed by atoms with van der Waals surface area (Å²) in [5, 5.41) is 3.54. The van der Waals surface area contributed by atoms with Gasteiger partial charge in [0.25, 0.3) is 0 Å². The Morgan fingerprint density at radius 3 is 2.62 bits per heavy atom. The molecular weight excluding hydrogens is 452 g/mol. The highest BCUT2D eigenvalue weighted by molar-refractivity contribution is 9.10. The minimum Gasteiger partial charge on any atom is -0.493 e. The third-order valence-corrected chi connectivity index (χ3v) is 5.74. The lowest BCUT2D eigenvalue weighted by Gasteiger charge is -2.10. The van der Waals surface area contributed by atoms with Crippen LogP contribution in [0.3, 0.4) is 0 Å². The van der Waals surface area contributed by atoms with Gasteiger partial charge in [-0.2, -0.15) is 0 Å². The molecule has 3 aromatic rings. The number of hydrogen-bond acceptors (Lipinski definition) is 5. The molecule has 0 fully saturated rings. The van der Waals surface area contributed by atoms with Crippen molar-refractivity contribution in [1.82, 2.24) is 4.98 Å². The quantitative estimate of drug-likeness (QED) is 0.444. The van der Waals surface area contributed by atoms with Gasteiger partial charge in [0.15, 0.2) is 16.6 Å². The second-order valence-corrected chi connectivity index (χ2v) is 8.52. The number of aryl methyl sites for hydroxylation is 2. The summed E-state index contributed by atoms with van der Waals surface area (Å²) in [6.07, 6.45) is 0.974. The number of methoxy groups -OCH3 is 1. The molecule has 29 heavy (non-hydrogen) atoms. The first kappa shape index (κ1) is 21.3. The van der Waals surface area contributed by atoms with Crippen LogP contribution in [0.1, 0.15) is 23.8 Å². The van der Waals surface area contributed by atoms with E-state index in [0.29, 0.717) is 36.1 Å². The zero-order valence-corrected chi connectivity index (χ0v) is 19.0. The van der Waals surface area contributed by atoms with Crippen LogP contribution in [-0.4, -0.2) is 24.6 Å². The highest BCUT2D eigenvalue weighted by atomic mass is 79.9. The molecule has 5 nitrogen and oxygen atoms in total. The predicted octanol–water partition coefficient (Wildman–Crippen LogP) is 5.86. The molecule has 0 radical (unpaired) electrons. The molecule has 2 aromatic carbocycles. The van der Waals surface area contributed by atoms with Crippen molar-refractivity contribution in [2.75, 3.05) is 19.0 Å². The van der Waals surface area contributed by atoms with Gasteiger partial charge in [-0.1, -0.05) is 34.1 Å². The summed E-state index contributed by atoms with van der Waals surface area (Å²) in [5.74, 6) is 1.33. The summed E-state index contributed by atoms with van der Waals surface area (Å²) >= 11 is 4.93. The van der Waals surface area contributed by atoms with E-state index >= 15 is 0 Å². The standard InChI is InChI=1S/C22H23BrN2O3S/c1-4-28-18-11-5-15(13-19(18)27-3)6-12-20(26)24-22-25-21(14(2)29-22)16-7-9-17(23)10-8-16/h5,7-11,13H,4,6,12H2,1-3H3,(H,24,25,26). The van der Waals surface area contributed by atoms with Gasteiger partial charge in [0.05, 0.1) is 19.4 Å². The fourth-order valence-corrected chi connectivity index (χ4v) is 4.02. The largest absolute Gasteiger partial charge is 0.493 e. The molecule has 7 heteroatoms. The number of ether oxygens (including phenoxy) is 2. The van der Waals surface area contributed by atoms with Crippen LogP contribution in [0, 0.1) is 6.92 Å². The van der Waals surface area contributed by atoms with Gasteiger partial charge in [0.2, 0.25) is 5.91 Å². The molecular formula is C22H23BrN2O3S. The highest BCUT2D eigenvalue weighted by Crippen LogP contribution is 2.31. The maximum absolute atomic E-state index is 12.4. The summed E-state index contributed by atoms with van der Waals surface area (Å²) in [5.41, 5.74) is 2.95. The summed E-state index contributed by atoms with van der Waals surface area (Å²) < 4.78 is 11.9. The number of nitrogens with one attached hydrogen (secondary N) is 1. The van der Waals surface area contributed by atoms with Crippen LogP contribution >= 0.6 is 27.3 Å². The van der Waals surface area contributed by atoms with E-state index in [2.05, 4.69) is 26.2 Å². The maximum atomic E-state index is 12.4. The lowest BCUT2D eigenvalue weighted by atomic mass is 10.1. The van der Waals surface area contributed by atoms with Crippen molar-refractivity contribution in [1.29, 1.82) is 0 Å². The SMILES string of the molecule is CCOc1ccc(CCC(=O)Nc2nc(-c3ccc(Br)cc3)c(C)s2)cc1OC. The molecule has 0 atom stereocenters. The molecule has 0 saturated heterocycles. The fraction of sp³-hybridized carbons (Fsp3) is 0.273. The lowest BCUT2D eigenvalue weighted by molar-refractivity contribution is -0.116. The Hall–Kier alpha value is -2.38. The summed E-state index contributed by atoms with van der Waals surface area (Å²) in [6.45, 7) is 4.52. The monoisotopic (exact) mass is 474 g/mol. The number of carbonyl (C=O) groups excluding carboxylic acids is 1. The number of aromatic nitrogens is 1. The Morgan fingerprint density at radius 1 is 1.17 bits per heavy atom. The average Bonchev–Trinajstić information content (AvgIpc) is 3.07. The molecule has 0 aliphatic carbocycles. The molecule has 1 amide bonds. The molecule has 1 heterocycles. The predicted molar refractivity (Wildman–Crippen MR) is 121 cm³/mol. The summed E-state index contributed by atoms with van der Waals surface area (Å²) in [7, 11) is 1.61. The number of anilines is 1.